The van der Waals surface area contributed by atoms with Crippen molar-refractivity contribution in [2.24, 2.45) is 0 Å². The number of hydrogen-bond donors (Lipinski definition) is 2. The number of pyridine rings is 2. The molecule has 0 aliphatic heterocycles. The number of anilines is 2. The van der Waals surface area contributed by atoms with Gasteiger partial charge in [-0.1, -0.05) is 24.3 Å². The Morgan fingerprint density at radius 3 is 2.78 bits per heavy atom. The lowest BCUT2D eigenvalue weighted by Crippen LogP contribution is -1.97. The molecule has 3 heterocycles. The second-order valence-electron chi connectivity index (χ2n) is 5.34. The van der Waals surface area contributed by atoms with Crippen molar-refractivity contribution in [3.8, 4) is 11.3 Å². The van der Waals surface area contributed by atoms with Gasteiger partial charge in [0.15, 0.2) is 0 Å². The lowest BCUT2D eigenvalue weighted by Gasteiger charge is -2.09. The summed E-state index contributed by atoms with van der Waals surface area (Å²) in [6.07, 6.45) is 3.53. The van der Waals surface area contributed by atoms with Gasteiger partial charge in [-0.25, -0.2) is 4.98 Å². The Morgan fingerprint density at radius 1 is 1.04 bits per heavy atom. The molecule has 0 spiro atoms. The van der Waals surface area contributed by atoms with Crippen molar-refractivity contribution in [1.29, 1.82) is 0 Å². The molecule has 0 atom stereocenters. The Bertz CT molecular complexity index is 959. The monoisotopic (exact) mass is 301 g/mol. The maximum absolute atomic E-state index is 4.67. The molecule has 0 aliphatic rings. The molecule has 0 aliphatic carbocycles. The van der Waals surface area contributed by atoms with E-state index in [1.54, 1.807) is 12.4 Å². The smallest absolute Gasteiger partial charge is 0.136 e. The fraction of sp³-hybridized carbons (Fsp3) is 0.0556. The lowest BCUT2D eigenvalue weighted by molar-refractivity contribution is 1.09. The Labute approximate surface area is 133 Å². The summed E-state index contributed by atoms with van der Waals surface area (Å²) in [7, 11) is 0. The van der Waals surface area contributed by atoms with Crippen LogP contribution in [0.4, 0.5) is 11.6 Å². The number of para-hydroxylation sites is 1. The van der Waals surface area contributed by atoms with Gasteiger partial charge in [-0.2, -0.15) is 5.10 Å². The summed E-state index contributed by atoms with van der Waals surface area (Å²) in [6.45, 7) is 2.09. The average Bonchev–Trinajstić information content (AvgIpc) is 3.04. The highest BCUT2D eigenvalue weighted by Gasteiger charge is 2.10. The van der Waals surface area contributed by atoms with E-state index in [0.717, 1.165) is 33.8 Å². The number of benzene rings is 1. The van der Waals surface area contributed by atoms with Gasteiger partial charge in [0.1, 0.15) is 11.6 Å². The highest BCUT2D eigenvalue weighted by Crippen LogP contribution is 2.27. The molecule has 3 aromatic heterocycles. The maximum Gasteiger partial charge on any atom is 0.136 e. The number of H-pyrrole nitrogens is 1. The number of hydrogen-bond acceptors (Lipinski definition) is 4. The first-order chi connectivity index (χ1) is 11.3. The average molecular weight is 301 g/mol. The minimum atomic E-state index is 0.780. The first-order valence-corrected chi connectivity index (χ1v) is 7.39. The molecular weight excluding hydrogens is 286 g/mol. The molecule has 0 fully saturated rings. The summed E-state index contributed by atoms with van der Waals surface area (Å²) in [5, 5.41) is 11.6. The summed E-state index contributed by atoms with van der Waals surface area (Å²) in [5.41, 5.74) is 3.92. The largest absolute Gasteiger partial charge is 0.325 e. The Morgan fingerprint density at radius 2 is 1.91 bits per heavy atom. The summed E-state index contributed by atoms with van der Waals surface area (Å²) < 4.78 is 0. The second-order valence-corrected chi connectivity index (χ2v) is 5.34. The number of nitrogens with zero attached hydrogens (tertiary/aromatic N) is 3. The molecule has 5 nitrogen and oxygen atoms in total. The van der Waals surface area contributed by atoms with Crippen molar-refractivity contribution in [3.05, 3.63) is 66.5 Å². The van der Waals surface area contributed by atoms with E-state index >= 15 is 0 Å². The van der Waals surface area contributed by atoms with Crippen LogP contribution in [0.15, 0.2) is 60.9 Å². The molecule has 4 rings (SSSR count). The third kappa shape index (κ3) is 2.53. The summed E-state index contributed by atoms with van der Waals surface area (Å²) in [6, 6.07) is 16.0. The van der Waals surface area contributed by atoms with Crippen molar-refractivity contribution < 1.29 is 0 Å². The van der Waals surface area contributed by atoms with Gasteiger partial charge < -0.3 is 5.32 Å². The van der Waals surface area contributed by atoms with E-state index in [-0.39, 0.29) is 0 Å². The SMILES string of the molecule is Cc1cc(Nc2[nH]ncc2-c2ccccn2)nc2ccccc12. The Kier molecular flexibility index (Phi) is 3.24. The molecule has 0 bridgehead atoms. The number of aryl methyl sites for hydroxylation is 1. The molecule has 112 valence electrons. The van der Waals surface area contributed by atoms with Gasteiger partial charge >= 0.3 is 0 Å². The van der Waals surface area contributed by atoms with Gasteiger partial charge in [-0.05, 0) is 36.8 Å². The predicted molar refractivity (Wildman–Crippen MR) is 91.6 cm³/mol. The molecule has 23 heavy (non-hydrogen) atoms. The van der Waals surface area contributed by atoms with Crippen LogP contribution < -0.4 is 5.32 Å². The standard InChI is InChI=1S/C18H15N5/c1-12-10-17(21-16-8-3-2-6-13(12)16)22-18-14(11-20-23-18)15-7-4-5-9-19-15/h2-11H,1H3,(H2,20,21,22,23). The van der Waals surface area contributed by atoms with E-state index in [9.17, 15) is 0 Å². The van der Waals surface area contributed by atoms with Crippen molar-refractivity contribution in [2.75, 3.05) is 5.32 Å². The van der Waals surface area contributed by atoms with Crippen molar-refractivity contribution >= 4 is 22.5 Å². The molecule has 0 unspecified atom stereocenters. The van der Waals surface area contributed by atoms with Crippen LogP contribution in [0.2, 0.25) is 0 Å². The summed E-state index contributed by atoms with van der Waals surface area (Å²) in [4.78, 5) is 9.04. The first-order valence-electron chi connectivity index (χ1n) is 7.39. The number of aromatic nitrogens is 4. The zero-order valence-corrected chi connectivity index (χ0v) is 12.6. The lowest BCUT2D eigenvalue weighted by atomic mass is 10.1. The van der Waals surface area contributed by atoms with E-state index < -0.39 is 0 Å². The molecular formula is C18H15N5. The third-order valence-corrected chi connectivity index (χ3v) is 3.76. The summed E-state index contributed by atoms with van der Waals surface area (Å²) in [5.74, 6) is 1.56. The highest BCUT2D eigenvalue weighted by atomic mass is 15.2. The minimum absolute atomic E-state index is 0.780. The molecule has 0 saturated heterocycles. The van der Waals surface area contributed by atoms with E-state index in [4.69, 9.17) is 0 Å². The molecule has 1 aromatic carbocycles. The van der Waals surface area contributed by atoms with Crippen LogP contribution in [-0.2, 0) is 0 Å². The second kappa shape index (κ2) is 5.53. The first kappa shape index (κ1) is 13.5. The highest BCUT2D eigenvalue weighted by molar-refractivity contribution is 5.85. The van der Waals surface area contributed by atoms with Crippen molar-refractivity contribution in [1.82, 2.24) is 20.2 Å². The van der Waals surface area contributed by atoms with Crippen LogP contribution in [0.5, 0.6) is 0 Å². The van der Waals surface area contributed by atoms with Crippen LogP contribution in [0, 0.1) is 6.92 Å². The summed E-state index contributed by atoms with van der Waals surface area (Å²) >= 11 is 0. The predicted octanol–water partition coefficient (Wildman–Crippen LogP) is 4.07. The van der Waals surface area contributed by atoms with Crippen molar-refractivity contribution in [3.63, 3.8) is 0 Å². The fourth-order valence-electron chi connectivity index (χ4n) is 2.64. The van der Waals surface area contributed by atoms with E-state index in [1.807, 2.05) is 42.5 Å². The van der Waals surface area contributed by atoms with E-state index in [1.165, 1.54) is 5.56 Å². The fourth-order valence-corrected chi connectivity index (χ4v) is 2.64. The molecule has 0 amide bonds. The number of nitrogens with one attached hydrogen (secondary N) is 2. The van der Waals surface area contributed by atoms with E-state index in [0.29, 0.717) is 0 Å². The number of rotatable bonds is 3. The normalized spacial score (nSPS) is 10.8. The van der Waals surface area contributed by atoms with Gasteiger partial charge in [-0.3, -0.25) is 10.1 Å². The Balaban J connectivity index is 1.74. The van der Waals surface area contributed by atoms with Gasteiger partial charge in [0.25, 0.3) is 0 Å². The molecule has 4 aromatic rings. The zero-order chi connectivity index (χ0) is 15.6. The van der Waals surface area contributed by atoms with Crippen LogP contribution >= 0.6 is 0 Å². The van der Waals surface area contributed by atoms with Crippen LogP contribution in [-0.4, -0.2) is 20.2 Å². The van der Waals surface area contributed by atoms with Crippen LogP contribution in [0.3, 0.4) is 0 Å². The van der Waals surface area contributed by atoms with Gasteiger partial charge in [-0.15, -0.1) is 0 Å². The molecule has 0 saturated carbocycles. The quantitative estimate of drug-likeness (QED) is 0.598. The maximum atomic E-state index is 4.67. The van der Waals surface area contributed by atoms with Gasteiger partial charge in [0.05, 0.1) is 23.0 Å². The number of aromatic amines is 1. The molecule has 5 heteroatoms. The van der Waals surface area contributed by atoms with Crippen LogP contribution in [0.25, 0.3) is 22.2 Å². The molecule has 0 radical (unpaired) electrons. The van der Waals surface area contributed by atoms with Gasteiger partial charge in [0, 0.05) is 11.6 Å². The van der Waals surface area contributed by atoms with Crippen LogP contribution in [0.1, 0.15) is 5.56 Å². The third-order valence-electron chi connectivity index (χ3n) is 3.76. The van der Waals surface area contributed by atoms with Crippen molar-refractivity contribution in [2.45, 2.75) is 6.92 Å². The molecule has 2 N–H and O–H groups in total. The minimum Gasteiger partial charge on any atom is -0.325 e. The number of fused-ring (bicyclic) bond motifs is 1. The Hall–Kier alpha value is -3.21. The van der Waals surface area contributed by atoms with E-state index in [2.05, 4.69) is 38.5 Å². The zero-order valence-electron chi connectivity index (χ0n) is 12.6. The van der Waals surface area contributed by atoms with Gasteiger partial charge in [0.2, 0.25) is 0 Å². The topological polar surface area (TPSA) is 66.5 Å².